The zero-order valence-corrected chi connectivity index (χ0v) is 32.9. The molecule has 1 saturated carbocycles. The van der Waals surface area contributed by atoms with Crippen LogP contribution in [0.15, 0.2) is 70.7 Å². The summed E-state index contributed by atoms with van der Waals surface area (Å²) < 4.78 is 21.4. The number of piperazine rings is 1. The Kier molecular flexibility index (Phi) is 11.8. The van der Waals surface area contributed by atoms with Crippen molar-refractivity contribution in [2.24, 2.45) is 10.7 Å². The molecular formula is C39H45FN11O6S+. The number of pyridine rings is 1. The molecule has 1 atom stereocenters. The Labute approximate surface area is 338 Å². The monoisotopic (exact) mass is 814 g/mol. The van der Waals surface area contributed by atoms with Gasteiger partial charge in [0.05, 0.1) is 43.2 Å². The molecule has 4 amide bonds. The molecule has 2 aliphatic heterocycles. The molecule has 17 nitrogen and oxygen atoms in total. The molecule has 4 heterocycles. The number of nitrogens with one attached hydrogen (secondary N) is 3. The number of thiol groups is 1. The van der Waals surface area contributed by atoms with Crippen molar-refractivity contribution in [2.75, 3.05) is 63.1 Å². The first kappa shape index (κ1) is 40.3. The maximum atomic E-state index is 15.6. The number of hydrogen-bond acceptors (Lipinski definition) is 13. The average Bonchev–Trinajstić information content (AvgIpc) is 4.05. The third-order valence-corrected chi connectivity index (χ3v) is 10.8. The van der Waals surface area contributed by atoms with Crippen LogP contribution in [0.4, 0.5) is 32.1 Å². The number of halogens is 1. The molecule has 2 aromatic carbocycles. The van der Waals surface area contributed by atoms with Crippen LogP contribution < -0.4 is 41.0 Å². The third kappa shape index (κ3) is 8.67. The molecule has 6 N–H and O–H groups in total. The predicted molar refractivity (Wildman–Crippen MR) is 221 cm³/mol. The van der Waals surface area contributed by atoms with Gasteiger partial charge in [-0.05, 0) is 60.3 Å². The quantitative estimate of drug-likeness (QED) is 0.0501. The second kappa shape index (κ2) is 16.9. The first-order valence-corrected chi connectivity index (χ1v) is 19.2. The molecule has 58 heavy (non-hydrogen) atoms. The Morgan fingerprint density at radius 2 is 1.86 bits per heavy atom. The van der Waals surface area contributed by atoms with Crippen LogP contribution in [0.5, 0.6) is 5.75 Å². The average molecular weight is 815 g/mol. The fraction of sp³-hybridized carbons (Fsp3) is 0.333. The number of benzene rings is 2. The van der Waals surface area contributed by atoms with E-state index in [1.165, 1.54) is 34.7 Å². The fourth-order valence-corrected chi connectivity index (χ4v) is 7.03. The summed E-state index contributed by atoms with van der Waals surface area (Å²) in [6.45, 7) is 4.48. The lowest BCUT2D eigenvalue weighted by Gasteiger charge is -2.39. The third-order valence-electron chi connectivity index (χ3n) is 10.3. The van der Waals surface area contributed by atoms with Gasteiger partial charge in [-0.15, -0.1) is 5.01 Å². The molecule has 304 valence electrons. The SMILES string of the molecule is COc1ccc(C(=O)NCCN2CCN([N+](O)(S)c3ccc(Nc4nc5ccc(/C(C=NC6CC6)=C/N)cn5c(=O)c4C)c(F)c3)CC2)cc1N1CCC(=O)NC1=O. The highest BCUT2D eigenvalue weighted by Gasteiger charge is 2.38. The number of aromatic nitrogens is 2. The Morgan fingerprint density at radius 3 is 2.55 bits per heavy atom. The van der Waals surface area contributed by atoms with Gasteiger partial charge in [-0.25, -0.2) is 14.2 Å². The minimum atomic E-state index is -0.980. The van der Waals surface area contributed by atoms with Gasteiger partial charge in [0.15, 0.2) is 5.82 Å². The van der Waals surface area contributed by atoms with Gasteiger partial charge < -0.3 is 21.1 Å². The number of fused-ring (bicyclic) bond motifs is 1. The highest BCUT2D eigenvalue weighted by molar-refractivity contribution is 7.79. The van der Waals surface area contributed by atoms with E-state index in [0.717, 1.165) is 12.8 Å². The lowest BCUT2D eigenvalue weighted by molar-refractivity contribution is -0.158. The zero-order chi connectivity index (χ0) is 41.1. The molecule has 7 rings (SSSR count). The number of methoxy groups -OCH3 is 1. The first-order chi connectivity index (χ1) is 27.9. The number of aliphatic imine (C=N–C) groups is 1. The van der Waals surface area contributed by atoms with Crippen molar-refractivity contribution in [3.63, 3.8) is 0 Å². The summed E-state index contributed by atoms with van der Waals surface area (Å²) in [6.07, 6.45) is 7.06. The molecule has 3 fully saturated rings. The van der Waals surface area contributed by atoms with Gasteiger partial charge in [-0.2, -0.15) is 5.21 Å². The summed E-state index contributed by atoms with van der Waals surface area (Å²) >= 11 is 4.49. The normalized spacial score (nSPS) is 18.0. The standard InChI is InChI=1S/C39H44FN11O6S/c1-24-36(45-34-10-4-26(23-50(34)38(24)54)27(21-41)22-43-28-5-6-28)44-31-8-7-29(20-30(31)40)51(56,58)48-17-15-47(16-18-48)14-12-42-37(53)25-3-9-33(57-2)32(19-25)49-13-11-35(52)46-39(49)55/h3-4,7-10,19-23,28,56,58H,5-6,11-18H2,1-2H3,(H4-,41,42,43,44,46,52,53,54,55)/p+1. The van der Waals surface area contributed by atoms with Gasteiger partial charge in [0.1, 0.15) is 30.0 Å². The van der Waals surface area contributed by atoms with Crippen LogP contribution in [-0.2, 0) is 4.79 Å². The summed E-state index contributed by atoms with van der Waals surface area (Å²) in [7, 11) is 1.46. The smallest absolute Gasteiger partial charge is 0.328 e. The number of nitrogens with two attached hydrogens (primary N) is 1. The number of carbonyl (C=O) groups is 3. The van der Waals surface area contributed by atoms with E-state index in [-0.39, 0.29) is 53.1 Å². The van der Waals surface area contributed by atoms with Crippen LogP contribution in [-0.4, -0.2) is 108 Å². The van der Waals surface area contributed by atoms with Crippen molar-refractivity contribution >= 4 is 71.0 Å². The van der Waals surface area contributed by atoms with E-state index in [4.69, 9.17) is 10.5 Å². The van der Waals surface area contributed by atoms with E-state index in [1.54, 1.807) is 60.7 Å². The van der Waals surface area contributed by atoms with E-state index in [2.05, 4.69) is 43.6 Å². The number of anilines is 3. The van der Waals surface area contributed by atoms with Crippen LogP contribution in [0.2, 0.25) is 0 Å². The summed E-state index contributed by atoms with van der Waals surface area (Å²) in [4.78, 5) is 63.1. The number of urea groups is 1. The number of carbonyl (C=O) groups excluding carboxylic acids is 3. The molecule has 0 spiro atoms. The number of quaternary nitrogens is 1. The molecule has 1 unspecified atom stereocenters. The number of nitrogens with zero attached hydrogens (tertiary/aromatic N) is 7. The van der Waals surface area contributed by atoms with E-state index >= 15 is 4.39 Å². The van der Waals surface area contributed by atoms with E-state index in [0.29, 0.717) is 79.1 Å². The Hall–Kier alpha value is -5.86. The molecule has 4 aromatic rings. The van der Waals surface area contributed by atoms with Crippen molar-refractivity contribution in [2.45, 2.75) is 32.2 Å². The van der Waals surface area contributed by atoms with E-state index in [1.807, 2.05) is 0 Å². The lowest BCUT2D eigenvalue weighted by Crippen LogP contribution is -2.60. The number of imide groups is 1. The van der Waals surface area contributed by atoms with E-state index in [9.17, 15) is 24.4 Å². The minimum Gasteiger partial charge on any atom is -0.495 e. The minimum absolute atomic E-state index is 0.0592. The van der Waals surface area contributed by atoms with Crippen molar-refractivity contribution < 1.29 is 28.7 Å². The fourth-order valence-electron chi connectivity index (χ4n) is 6.73. The molecule has 0 bridgehead atoms. The lowest BCUT2D eigenvalue weighted by atomic mass is 10.1. The maximum Gasteiger partial charge on any atom is 0.328 e. The summed E-state index contributed by atoms with van der Waals surface area (Å²) in [5.74, 6) is -0.800. The molecular weight excluding hydrogens is 770 g/mol. The Bertz CT molecular complexity index is 2380. The highest BCUT2D eigenvalue weighted by Crippen LogP contribution is 2.33. The van der Waals surface area contributed by atoms with Crippen LogP contribution in [0.3, 0.4) is 0 Å². The molecule has 19 heteroatoms. The van der Waals surface area contributed by atoms with Crippen LogP contribution in [0, 0.1) is 12.7 Å². The van der Waals surface area contributed by atoms with Gasteiger partial charge >= 0.3 is 6.03 Å². The highest BCUT2D eigenvalue weighted by atomic mass is 32.1. The number of allylic oxidation sites excluding steroid dienone is 1. The van der Waals surface area contributed by atoms with Crippen LogP contribution >= 0.6 is 12.8 Å². The van der Waals surface area contributed by atoms with Crippen molar-refractivity contribution in [3.05, 3.63) is 93.8 Å². The molecule has 1 aliphatic carbocycles. The molecule has 0 radical (unpaired) electrons. The molecule has 2 aromatic heterocycles. The van der Waals surface area contributed by atoms with Crippen molar-refractivity contribution in [1.82, 2.24) is 34.1 Å². The maximum absolute atomic E-state index is 15.6. The van der Waals surface area contributed by atoms with Gasteiger partial charge in [0.2, 0.25) is 11.6 Å². The van der Waals surface area contributed by atoms with Crippen LogP contribution in [0.1, 0.15) is 40.7 Å². The summed E-state index contributed by atoms with van der Waals surface area (Å²) in [5, 5.41) is 21.2. The largest absolute Gasteiger partial charge is 0.495 e. The predicted octanol–water partition coefficient (Wildman–Crippen LogP) is 3.38. The van der Waals surface area contributed by atoms with Crippen LogP contribution in [0.25, 0.3) is 11.2 Å². The van der Waals surface area contributed by atoms with Gasteiger partial charge in [0.25, 0.3) is 11.5 Å². The Morgan fingerprint density at radius 1 is 1.10 bits per heavy atom. The second-order valence-corrected chi connectivity index (χ2v) is 14.8. The van der Waals surface area contributed by atoms with E-state index < -0.39 is 16.0 Å². The Balaban J connectivity index is 0.935. The number of rotatable bonds is 13. The van der Waals surface area contributed by atoms with Gasteiger partial charge in [-0.3, -0.25) is 38.9 Å². The number of hydrogen-bond donors (Lipinski definition) is 6. The topological polar surface area (TPSA) is 199 Å². The van der Waals surface area contributed by atoms with Gasteiger partial charge in [-0.1, -0.05) is 0 Å². The number of ether oxygens (including phenoxy) is 1. The summed E-state index contributed by atoms with van der Waals surface area (Å²) in [5.41, 5.74) is 8.48. The summed E-state index contributed by atoms with van der Waals surface area (Å²) in [6, 6.07) is 12.2. The molecule has 3 aliphatic rings. The molecule has 2 saturated heterocycles. The van der Waals surface area contributed by atoms with Crippen molar-refractivity contribution in [3.8, 4) is 5.75 Å². The van der Waals surface area contributed by atoms with Gasteiger partial charge in [0, 0.05) is 86.6 Å². The van der Waals surface area contributed by atoms with Crippen molar-refractivity contribution in [1.29, 1.82) is 0 Å². The zero-order valence-electron chi connectivity index (χ0n) is 32.0. The number of amides is 4. The first-order valence-electron chi connectivity index (χ1n) is 18.8. The second-order valence-electron chi connectivity index (χ2n) is 14.2.